The molecule has 6 rings (SSSR count). The zero-order valence-electron chi connectivity index (χ0n) is 23.5. The van der Waals surface area contributed by atoms with Crippen LogP contribution in [0.5, 0.6) is 0 Å². The van der Waals surface area contributed by atoms with Gasteiger partial charge in [0.25, 0.3) is 0 Å². The molecule has 10 heteroatoms. The van der Waals surface area contributed by atoms with Crippen LogP contribution in [0.3, 0.4) is 0 Å². The second kappa shape index (κ2) is 11.6. The molecule has 0 aromatic heterocycles. The Kier molecular flexibility index (Phi) is 8.04. The molecule has 0 N–H and O–H groups in total. The number of rotatable bonds is 6. The van der Waals surface area contributed by atoms with E-state index >= 15 is 0 Å². The van der Waals surface area contributed by atoms with Crippen molar-refractivity contribution < 1.29 is 21.6 Å². The van der Waals surface area contributed by atoms with Gasteiger partial charge in [-0.1, -0.05) is 90.0 Å². The van der Waals surface area contributed by atoms with Gasteiger partial charge in [-0.2, -0.15) is 8.61 Å². The van der Waals surface area contributed by atoms with E-state index in [0.29, 0.717) is 5.02 Å². The Morgan fingerprint density at radius 2 is 1.19 bits per heavy atom. The number of Topliss-reactive ketones (excluding diaryl/α,β-unsaturated/α-hetero) is 1. The molecule has 4 atom stereocenters. The standard InChI is InChI=1S/C33H31ClN2O5S2/c1-23-12-16-28(17-13-23)43(40,41)36-31(25-10-6-3-7-11-25)21-33(37)29-22-35(42(38,39)27-18-14-26(34)15-19-27)30(20-32(29)36)24-8-4-2-5-9-24/h2-19,29-32H,20-22H2,1H3/t29-,30?,31?,32+/m1/s1. The van der Waals surface area contributed by atoms with E-state index in [4.69, 9.17) is 11.6 Å². The van der Waals surface area contributed by atoms with Crippen LogP contribution in [0.25, 0.3) is 0 Å². The first-order valence-corrected chi connectivity index (χ1v) is 17.3. The van der Waals surface area contributed by atoms with Crippen molar-refractivity contribution in [1.82, 2.24) is 8.61 Å². The summed E-state index contributed by atoms with van der Waals surface area (Å²) >= 11 is 6.05. The average Bonchev–Trinajstić information content (AvgIpc) is 3.01. The summed E-state index contributed by atoms with van der Waals surface area (Å²) in [7, 11) is -8.16. The first-order chi connectivity index (χ1) is 20.6. The number of carbonyl (C=O) groups is 1. The maximum Gasteiger partial charge on any atom is 0.243 e. The lowest BCUT2D eigenvalue weighted by Crippen LogP contribution is -2.60. The van der Waals surface area contributed by atoms with Crippen molar-refractivity contribution >= 4 is 37.4 Å². The molecule has 2 aliphatic heterocycles. The Hall–Kier alpha value is -3.34. The molecule has 2 aliphatic rings. The van der Waals surface area contributed by atoms with E-state index < -0.39 is 44.1 Å². The van der Waals surface area contributed by atoms with Crippen LogP contribution < -0.4 is 0 Å². The zero-order chi connectivity index (χ0) is 30.4. The Labute approximate surface area is 257 Å². The molecule has 0 bridgehead atoms. The lowest BCUT2D eigenvalue weighted by molar-refractivity contribution is -0.132. The second-order valence-corrected chi connectivity index (χ2v) is 15.3. The smallest absolute Gasteiger partial charge is 0.243 e. The van der Waals surface area contributed by atoms with E-state index in [2.05, 4.69) is 0 Å². The molecule has 0 saturated carbocycles. The topological polar surface area (TPSA) is 91.8 Å². The first-order valence-electron chi connectivity index (χ1n) is 14.1. The van der Waals surface area contributed by atoms with Crippen molar-refractivity contribution in [3.05, 3.63) is 131 Å². The number of hydrogen-bond donors (Lipinski definition) is 0. The summed E-state index contributed by atoms with van der Waals surface area (Å²) in [6.45, 7) is 1.75. The number of sulfonamides is 2. The molecule has 222 valence electrons. The van der Waals surface area contributed by atoms with E-state index in [1.165, 1.54) is 32.9 Å². The summed E-state index contributed by atoms with van der Waals surface area (Å²) in [5.74, 6) is -1.00. The lowest BCUT2D eigenvalue weighted by atomic mass is 9.77. The maximum atomic E-state index is 14.5. The van der Waals surface area contributed by atoms with Crippen LogP contribution >= 0.6 is 11.6 Å². The monoisotopic (exact) mass is 634 g/mol. The van der Waals surface area contributed by atoms with Crippen molar-refractivity contribution in [2.45, 2.75) is 47.7 Å². The van der Waals surface area contributed by atoms with Crippen LogP contribution in [0.15, 0.2) is 119 Å². The van der Waals surface area contributed by atoms with E-state index in [-0.39, 0.29) is 35.0 Å². The summed E-state index contributed by atoms with van der Waals surface area (Å²) < 4.78 is 60.1. The number of carbonyl (C=O) groups excluding carboxylic acids is 1. The molecule has 0 spiro atoms. The molecule has 2 saturated heterocycles. The summed E-state index contributed by atoms with van der Waals surface area (Å²) in [5, 5.41) is 0.406. The molecule has 2 heterocycles. The van der Waals surface area contributed by atoms with Gasteiger partial charge in [0.05, 0.1) is 21.9 Å². The summed E-state index contributed by atoms with van der Waals surface area (Å²) in [6, 6.07) is 28.8. The average molecular weight is 635 g/mol. The van der Waals surface area contributed by atoms with Crippen LogP contribution in [0.2, 0.25) is 5.02 Å². The summed E-state index contributed by atoms with van der Waals surface area (Å²) in [5.41, 5.74) is 2.37. The predicted octanol–water partition coefficient (Wildman–Crippen LogP) is 6.17. The van der Waals surface area contributed by atoms with Gasteiger partial charge in [0.15, 0.2) is 0 Å². The minimum Gasteiger partial charge on any atom is -0.299 e. The third-order valence-corrected chi connectivity index (χ3v) is 12.6. The number of nitrogens with zero attached hydrogens (tertiary/aromatic N) is 2. The second-order valence-electron chi connectivity index (χ2n) is 11.1. The molecule has 0 amide bonds. The molecular weight excluding hydrogens is 604 g/mol. The largest absolute Gasteiger partial charge is 0.299 e. The van der Waals surface area contributed by atoms with E-state index in [0.717, 1.165) is 16.7 Å². The van der Waals surface area contributed by atoms with Gasteiger partial charge in [-0.05, 0) is 60.9 Å². The van der Waals surface area contributed by atoms with Gasteiger partial charge in [0.1, 0.15) is 5.78 Å². The highest BCUT2D eigenvalue weighted by molar-refractivity contribution is 7.89. The van der Waals surface area contributed by atoms with Crippen molar-refractivity contribution in [1.29, 1.82) is 0 Å². The third kappa shape index (κ3) is 5.56. The highest BCUT2D eigenvalue weighted by Crippen LogP contribution is 2.48. The quantitative estimate of drug-likeness (QED) is 0.253. The molecule has 43 heavy (non-hydrogen) atoms. The van der Waals surface area contributed by atoms with E-state index in [1.807, 2.05) is 67.6 Å². The Balaban J connectivity index is 1.50. The minimum absolute atomic E-state index is 0.0545. The first kappa shape index (κ1) is 29.7. The van der Waals surface area contributed by atoms with Crippen LogP contribution in [0.1, 0.15) is 41.6 Å². The fraction of sp³-hybridized carbons (Fsp3) is 0.242. The highest BCUT2D eigenvalue weighted by Gasteiger charge is 2.54. The molecule has 4 aromatic carbocycles. The summed E-state index contributed by atoms with van der Waals surface area (Å²) in [6.07, 6.45) is 0.0583. The Morgan fingerprint density at radius 3 is 1.77 bits per heavy atom. The number of benzene rings is 4. The maximum absolute atomic E-state index is 14.5. The van der Waals surface area contributed by atoms with Gasteiger partial charge in [0, 0.05) is 29.9 Å². The van der Waals surface area contributed by atoms with Crippen molar-refractivity contribution in [2.75, 3.05) is 6.54 Å². The Bertz CT molecular complexity index is 1830. The van der Waals surface area contributed by atoms with Crippen LogP contribution in [0, 0.1) is 12.8 Å². The number of ketones is 1. The van der Waals surface area contributed by atoms with Crippen LogP contribution in [-0.2, 0) is 24.8 Å². The fourth-order valence-electron chi connectivity index (χ4n) is 6.32. The van der Waals surface area contributed by atoms with Crippen molar-refractivity contribution in [3.63, 3.8) is 0 Å². The third-order valence-electron chi connectivity index (χ3n) is 8.48. The minimum atomic E-state index is -4.09. The highest BCUT2D eigenvalue weighted by atomic mass is 35.5. The number of piperidine rings is 2. The number of hydrogen-bond acceptors (Lipinski definition) is 5. The molecule has 7 nitrogen and oxygen atoms in total. The number of aryl methyl sites for hydroxylation is 1. The normalized spacial score (nSPS) is 23.5. The van der Waals surface area contributed by atoms with Gasteiger partial charge in [-0.3, -0.25) is 4.79 Å². The lowest BCUT2D eigenvalue weighted by Gasteiger charge is -2.51. The molecule has 0 radical (unpaired) electrons. The van der Waals surface area contributed by atoms with Gasteiger partial charge >= 0.3 is 0 Å². The SMILES string of the molecule is Cc1ccc(S(=O)(=O)N2C(c3ccccc3)CC(=O)[C@@H]3CN(S(=O)(=O)c4ccc(Cl)cc4)C(c4ccccc4)C[C@@H]32)cc1. The Morgan fingerprint density at radius 1 is 0.674 bits per heavy atom. The van der Waals surface area contributed by atoms with Crippen molar-refractivity contribution in [3.8, 4) is 0 Å². The molecule has 4 aromatic rings. The molecule has 2 fully saturated rings. The molecular formula is C33H31ClN2O5S2. The number of fused-ring (bicyclic) bond motifs is 1. The van der Waals surface area contributed by atoms with Crippen LogP contribution in [-0.4, -0.2) is 43.8 Å². The van der Waals surface area contributed by atoms with E-state index in [9.17, 15) is 21.6 Å². The van der Waals surface area contributed by atoms with Gasteiger partial charge in [-0.15, -0.1) is 0 Å². The summed E-state index contributed by atoms with van der Waals surface area (Å²) in [4.78, 5) is 14.1. The molecule has 2 unspecified atom stereocenters. The predicted molar refractivity (Wildman–Crippen MR) is 165 cm³/mol. The van der Waals surface area contributed by atoms with Gasteiger partial charge in [0.2, 0.25) is 20.0 Å². The van der Waals surface area contributed by atoms with Crippen molar-refractivity contribution in [2.24, 2.45) is 5.92 Å². The fourth-order valence-corrected chi connectivity index (χ4v) is 9.94. The zero-order valence-corrected chi connectivity index (χ0v) is 25.8. The van der Waals surface area contributed by atoms with Crippen LogP contribution in [0.4, 0.5) is 0 Å². The van der Waals surface area contributed by atoms with E-state index in [1.54, 1.807) is 24.3 Å². The van der Waals surface area contributed by atoms with Gasteiger partial charge in [-0.25, -0.2) is 16.8 Å². The molecule has 0 aliphatic carbocycles. The van der Waals surface area contributed by atoms with Gasteiger partial charge < -0.3 is 0 Å². The number of halogens is 1.